The molecule has 1 rings (SSSR count). The number of hydrogen-bond donors (Lipinski definition) is 0. The van der Waals surface area contributed by atoms with Gasteiger partial charge in [-0.05, 0) is 6.92 Å². The number of rotatable bonds is 1. The molecule has 1 aromatic heterocycles. The van der Waals surface area contributed by atoms with E-state index in [1.807, 2.05) is 0 Å². The molecule has 0 amide bonds. The van der Waals surface area contributed by atoms with Gasteiger partial charge in [0.1, 0.15) is 7.85 Å². The van der Waals surface area contributed by atoms with Crippen LogP contribution >= 0.6 is 0 Å². The van der Waals surface area contributed by atoms with Gasteiger partial charge in [-0.15, -0.1) is 0 Å². The van der Waals surface area contributed by atoms with Gasteiger partial charge in [-0.25, -0.2) is 4.39 Å². The molecule has 0 atom stereocenters. The van der Waals surface area contributed by atoms with Crippen LogP contribution in [-0.4, -0.2) is 18.6 Å². The summed E-state index contributed by atoms with van der Waals surface area (Å²) in [6, 6.07) is 0. The first-order valence-corrected chi connectivity index (χ1v) is 3.24. The third-order valence-corrected chi connectivity index (χ3v) is 1.44. The van der Waals surface area contributed by atoms with Crippen LogP contribution in [0.1, 0.15) is 17.3 Å². The normalized spacial score (nSPS) is 9.64. The average Bonchev–Trinajstić information content (AvgIpc) is 1.85. The summed E-state index contributed by atoms with van der Waals surface area (Å²) in [7, 11) is 1.66. The Balaban J connectivity index is 3.32. The Labute approximate surface area is 64.9 Å². The molecule has 0 saturated carbocycles. The molecule has 0 aliphatic rings. The fraction of sp³-hybridized carbons (Fsp3) is 0.143. The van der Waals surface area contributed by atoms with Crippen molar-refractivity contribution in [2.45, 2.75) is 6.92 Å². The minimum atomic E-state index is -0.544. The molecule has 0 aliphatic carbocycles. The Kier molecular flexibility index (Phi) is 2.03. The summed E-state index contributed by atoms with van der Waals surface area (Å²) < 4.78 is 12.8. The molecule has 11 heavy (non-hydrogen) atoms. The molecular formula is C7H7BFNO. The maximum Gasteiger partial charge on any atom is 0.162 e. The standard InChI is InChI=1S/C7H7BFNO/c1-4(11)7-5(8)2-10-3-6(7)9/h2-3H,8H2,1H3. The van der Waals surface area contributed by atoms with Crippen molar-refractivity contribution >= 4 is 19.1 Å². The highest BCUT2D eigenvalue weighted by Gasteiger charge is 2.09. The Bertz CT molecular complexity index is 280. The third-order valence-electron chi connectivity index (χ3n) is 1.44. The lowest BCUT2D eigenvalue weighted by atomic mass is 9.91. The van der Waals surface area contributed by atoms with Gasteiger partial charge in [0.2, 0.25) is 0 Å². The molecule has 0 saturated heterocycles. The molecule has 0 unspecified atom stereocenters. The van der Waals surface area contributed by atoms with Crippen LogP contribution in [0, 0.1) is 5.82 Å². The van der Waals surface area contributed by atoms with Crippen LogP contribution in [0.2, 0.25) is 0 Å². The zero-order chi connectivity index (χ0) is 8.43. The fourth-order valence-corrected chi connectivity index (χ4v) is 0.978. The van der Waals surface area contributed by atoms with Gasteiger partial charge in [0.15, 0.2) is 11.6 Å². The number of carbonyl (C=O) groups is 1. The van der Waals surface area contributed by atoms with E-state index in [2.05, 4.69) is 4.98 Å². The molecule has 1 aromatic rings. The number of ketones is 1. The monoisotopic (exact) mass is 151 g/mol. The van der Waals surface area contributed by atoms with E-state index >= 15 is 0 Å². The molecule has 4 heteroatoms. The Morgan fingerprint density at radius 2 is 2.27 bits per heavy atom. The first kappa shape index (κ1) is 7.92. The maximum absolute atomic E-state index is 12.8. The van der Waals surface area contributed by atoms with Gasteiger partial charge in [-0.3, -0.25) is 9.78 Å². The molecule has 0 aromatic carbocycles. The first-order valence-electron chi connectivity index (χ1n) is 3.24. The second-order valence-electron chi connectivity index (χ2n) is 2.37. The predicted molar refractivity (Wildman–Crippen MR) is 42.4 cm³/mol. The smallest absolute Gasteiger partial charge is 0.162 e. The topological polar surface area (TPSA) is 30.0 Å². The zero-order valence-electron chi connectivity index (χ0n) is 6.39. The molecule has 0 fully saturated rings. The summed E-state index contributed by atoms with van der Waals surface area (Å²) in [5, 5.41) is 0. The number of aromatic nitrogens is 1. The Hall–Kier alpha value is -1.19. The molecule has 2 nitrogen and oxygen atoms in total. The summed E-state index contributed by atoms with van der Waals surface area (Å²) in [5.41, 5.74) is 0.720. The summed E-state index contributed by atoms with van der Waals surface area (Å²) in [4.78, 5) is 14.4. The van der Waals surface area contributed by atoms with E-state index in [0.717, 1.165) is 6.20 Å². The van der Waals surface area contributed by atoms with E-state index in [1.54, 1.807) is 7.85 Å². The predicted octanol–water partition coefficient (Wildman–Crippen LogP) is -0.318. The summed E-state index contributed by atoms with van der Waals surface area (Å²) >= 11 is 0. The van der Waals surface area contributed by atoms with Gasteiger partial charge in [0.25, 0.3) is 0 Å². The highest BCUT2D eigenvalue weighted by atomic mass is 19.1. The SMILES string of the molecule is Bc1cncc(F)c1C(C)=O. The van der Waals surface area contributed by atoms with Crippen molar-refractivity contribution < 1.29 is 9.18 Å². The molecule has 0 aliphatic heterocycles. The van der Waals surface area contributed by atoms with Crippen LogP contribution in [0.15, 0.2) is 12.4 Å². The van der Waals surface area contributed by atoms with Crippen LogP contribution in [0.4, 0.5) is 4.39 Å². The van der Waals surface area contributed by atoms with Crippen LogP contribution in [0.25, 0.3) is 0 Å². The second kappa shape index (κ2) is 2.82. The van der Waals surface area contributed by atoms with Gasteiger partial charge < -0.3 is 0 Å². The van der Waals surface area contributed by atoms with Crippen molar-refractivity contribution in [3.63, 3.8) is 0 Å². The quantitative estimate of drug-likeness (QED) is 0.406. The molecular weight excluding hydrogens is 144 g/mol. The van der Waals surface area contributed by atoms with E-state index in [0.29, 0.717) is 5.46 Å². The third kappa shape index (κ3) is 1.45. The van der Waals surface area contributed by atoms with Crippen LogP contribution in [0.3, 0.4) is 0 Å². The lowest BCUT2D eigenvalue weighted by Crippen LogP contribution is -2.17. The highest BCUT2D eigenvalue weighted by Crippen LogP contribution is 2.01. The van der Waals surface area contributed by atoms with Crippen molar-refractivity contribution in [3.8, 4) is 0 Å². The largest absolute Gasteiger partial charge is 0.294 e. The molecule has 0 bridgehead atoms. The van der Waals surface area contributed by atoms with Crippen molar-refractivity contribution in [3.05, 3.63) is 23.8 Å². The number of nitrogens with zero attached hydrogens (tertiary/aromatic N) is 1. The van der Waals surface area contributed by atoms with E-state index in [-0.39, 0.29) is 11.3 Å². The summed E-state index contributed by atoms with van der Waals surface area (Å²) in [6.07, 6.45) is 2.52. The van der Waals surface area contributed by atoms with Crippen LogP contribution in [0.5, 0.6) is 0 Å². The van der Waals surface area contributed by atoms with Gasteiger partial charge >= 0.3 is 0 Å². The van der Waals surface area contributed by atoms with E-state index in [9.17, 15) is 9.18 Å². The van der Waals surface area contributed by atoms with E-state index < -0.39 is 5.82 Å². The molecule has 1 heterocycles. The number of hydrogen-bond acceptors (Lipinski definition) is 2. The van der Waals surface area contributed by atoms with Gasteiger partial charge in [-0.1, -0.05) is 5.46 Å². The number of halogens is 1. The molecule has 0 N–H and O–H groups in total. The molecule has 0 radical (unpaired) electrons. The number of pyridine rings is 1. The van der Waals surface area contributed by atoms with E-state index in [4.69, 9.17) is 0 Å². The van der Waals surface area contributed by atoms with Crippen molar-refractivity contribution in [1.82, 2.24) is 4.98 Å². The number of Topliss-reactive ketones (excluding diaryl/α,β-unsaturated/α-hetero) is 1. The van der Waals surface area contributed by atoms with Crippen molar-refractivity contribution in [2.24, 2.45) is 0 Å². The second-order valence-corrected chi connectivity index (χ2v) is 2.37. The zero-order valence-corrected chi connectivity index (χ0v) is 6.39. The fourth-order valence-electron chi connectivity index (χ4n) is 0.978. The van der Waals surface area contributed by atoms with Crippen LogP contribution < -0.4 is 5.46 Å². The minimum absolute atomic E-state index is 0.139. The minimum Gasteiger partial charge on any atom is -0.294 e. The average molecular weight is 151 g/mol. The van der Waals surface area contributed by atoms with E-state index in [1.165, 1.54) is 13.1 Å². The van der Waals surface area contributed by atoms with Crippen LogP contribution in [-0.2, 0) is 0 Å². The lowest BCUT2D eigenvalue weighted by molar-refractivity contribution is 0.101. The maximum atomic E-state index is 12.8. The van der Waals surface area contributed by atoms with Crippen molar-refractivity contribution in [2.75, 3.05) is 0 Å². The van der Waals surface area contributed by atoms with Gasteiger partial charge in [-0.2, -0.15) is 0 Å². The Morgan fingerprint density at radius 3 is 2.64 bits per heavy atom. The summed E-state index contributed by atoms with van der Waals surface area (Å²) in [5.74, 6) is -0.806. The van der Waals surface area contributed by atoms with Gasteiger partial charge in [0, 0.05) is 11.8 Å². The molecule has 56 valence electrons. The van der Waals surface area contributed by atoms with Crippen molar-refractivity contribution in [1.29, 1.82) is 0 Å². The number of carbonyl (C=O) groups excluding carboxylic acids is 1. The Morgan fingerprint density at radius 1 is 1.64 bits per heavy atom. The van der Waals surface area contributed by atoms with Gasteiger partial charge in [0.05, 0.1) is 6.20 Å². The highest BCUT2D eigenvalue weighted by molar-refractivity contribution is 6.36. The molecule has 0 spiro atoms. The summed E-state index contributed by atoms with van der Waals surface area (Å²) in [6.45, 7) is 1.34. The lowest BCUT2D eigenvalue weighted by Gasteiger charge is -2.00. The first-order chi connectivity index (χ1) is 5.13.